The molecule has 2 N–H and O–H groups in total. The van der Waals surface area contributed by atoms with Crippen LogP contribution >= 0.6 is 11.6 Å². The van der Waals surface area contributed by atoms with Gasteiger partial charge in [0.05, 0.1) is 6.54 Å². The number of piperidine rings is 2. The van der Waals surface area contributed by atoms with Crippen molar-refractivity contribution in [2.24, 2.45) is 4.99 Å². The number of guanidine groups is 1. The third-order valence-corrected chi connectivity index (χ3v) is 5.86. The summed E-state index contributed by atoms with van der Waals surface area (Å²) in [6.07, 6.45) is 6.45. The van der Waals surface area contributed by atoms with Crippen molar-refractivity contribution in [2.45, 2.75) is 63.3 Å². The van der Waals surface area contributed by atoms with Crippen molar-refractivity contribution in [2.75, 3.05) is 20.6 Å². The van der Waals surface area contributed by atoms with Crippen molar-refractivity contribution in [1.82, 2.24) is 15.5 Å². The van der Waals surface area contributed by atoms with E-state index in [2.05, 4.69) is 34.5 Å². The maximum absolute atomic E-state index is 5.92. The molecule has 2 aliphatic heterocycles. The highest BCUT2D eigenvalue weighted by atomic mass is 35.5. The molecule has 2 saturated heterocycles. The van der Waals surface area contributed by atoms with Gasteiger partial charge in [0.2, 0.25) is 0 Å². The predicted molar refractivity (Wildman–Crippen MR) is 108 cm³/mol. The average Bonchev–Trinajstić information content (AvgIpc) is 2.61. The summed E-state index contributed by atoms with van der Waals surface area (Å²) in [6.45, 7) is 2.75. The second kappa shape index (κ2) is 8.96. The van der Waals surface area contributed by atoms with Gasteiger partial charge in [-0.2, -0.15) is 0 Å². The molecule has 0 radical (unpaired) electrons. The molecule has 5 nitrogen and oxygen atoms in total. The van der Waals surface area contributed by atoms with E-state index in [1.165, 1.54) is 32.1 Å². The molecule has 0 amide bonds. The topological polar surface area (TPSA) is 48.9 Å². The van der Waals surface area contributed by atoms with E-state index >= 15 is 0 Å². The van der Waals surface area contributed by atoms with Crippen LogP contribution in [-0.4, -0.2) is 55.7 Å². The number of fused-ring (bicyclic) bond motifs is 2. The highest BCUT2D eigenvalue weighted by Gasteiger charge is 2.36. The molecule has 6 heteroatoms. The van der Waals surface area contributed by atoms with Crippen molar-refractivity contribution < 1.29 is 4.74 Å². The molecule has 1 aromatic carbocycles. The fourth-order valence-electron chi connectivity index (χ4n) is 4.15. The Bertz CT molecular complexity index is 592. The van der Waals surface area contributed by atoms with E-state index in [0.717, 1.165) is 16.7 Å². The van der Waals surface area contributed by atoms with Gasteiger partial charge in [-0.15, -0.1) is 0 Å². The molecule has 0 saturated carbocycles. The minimum Gasteiger partial charge on any atom is -0.489 e. The van der Waals surface area contributed by atoms with Gasteiger partial charge in [0.1, 0.15) is 11.9 Å². The second-order valence-corrected chi connectivity index (χ2v) is 7.99. The van der Waals surface area contributed by atoms with E-state index < -0.39 is 0 Å². The molecule has 144 valence electrons. The van der Waals surface area contributed by atoms with Gasteiger partial charge in [0.25, 0.3) is 0 Å². The molecule has 26 heavy (non-hydrogen) atoms. The highest BCUT2D eigenvalue weighted by molar-refractivity contribution is 6.30. The Hall–Kier alpha value is -1.46. The lowest BCUT2D eigenvalue weighted by molar-refractivity contribution is 0.0526. The van der Waals surface area contributed by atoms with Crippen LogP contribution in [0.15, 0.2) is 29.3 Å². The van der Waals surface area contributed by atoms with Gasteiger partial charge in [0.15, 0.2) is 5.96 Å². The first-order valence-electron chi connectivity index (χ1n) is 9.66. The van der Waals surface area contributed by atoms with Crippen LogP contribution in [0.1, 0.15) is 39.0 Å². The quantitative estimate of drug-likeness (QED) is 0.609. The third kappa shape index (κ3) is 5.04. The normalized spacial score (nSPS) is 27.7. The lowest BCUT2D eigenvalue weighted by Gasteiger charge is -2.47. The largest absolute Gasteiger partial charge is 0.489 e. The van der Waals surface area contributed by atoms with Crippen LogP contribution in [0.5, 0.6) is 5.75 Å². The Balaban J connectivity index is 1.45. The van der Waals surface area contributed by atoms with E-state index in [9.17, 15) is 0 Å². The highest BCUT2D eigenvalue weighted by Crippen LogP contribution is 2.32. The number of benzene rings is 1. The molecule has 3 atom stereocenters. The van der Waals surface area contributed by atoms with E-state index in [-0.39, 0.29) is 6.10 Å². The molecular weight excluding hydrogens is 348 g/mol. The Morgan fingerprint density at radius 2 is 1.92 bits per heavy atom. The third-order valence-electron chi connectivity index (χ3n) is 5.61. The Morgan fingerprint density at radius 3 is 2.54 bits per heavy atom. The maximum atomic E-state index is 5.92. The standard InChI is InChI=1S/C20H31ClN4O/c1-14(26-19-9-7-15(21)8-10-19)13-23-20(22-2)24-16-11-17-5-4-6-18(12-16)25(17)3/h7-10,14,16-18H,4-6,11-13H2,1-3H3,(H2,22,23,24). The molecule has 0 aliphatic carbocycles. The molecular formula is C20H31ClN4O. The van der Waals surface area contributed by atoms with Crippen LogP contribution in [0.25, 0.3) is 0 Å². The molecule has 0 spiro atoms. The number of hydrogen-bond donors (Lipinski definition) is 2. The zero-order chi connectivity index (χ0) is 18.5. The monoisotopic (exact) mass is 378 g/mol. The van der Waals surface area contributed by atoms with Gasteiger partial charge in [0, 0.05) is 30.2 Å². The number of halogens is 1. The van der Waals surface area contributed by atoms with Crippen LogP contribution < -0.4 is 15.4 Å². The van der Waals surface area contributed by atoms with E-state index in [1.54, 1.807) is 0 Å². The summed E-state index contributed by atoms with van der Waals surface area (Å²) in [5.74, 6) is 1.69. The molecule has 2 heterocycles. The molecule has 2 fully saturated rings. The summed E-state index contributed by atoms with van der Waals surface area (Å²) in [4.78, 5) is 6.98. The van der Waals surface area contributed by atoms with Gasteiger partial charge >= 0.3 is 0 Å². The number of hydrogen-bond acceptors (Lipinski definition) is 3. The minimum absolute atomic E-state index is 0.0339. The zero-order valence-electron chi connectivity index (χ0n) is 16.0. The van der Waals surface area contributed by atoms with Crippen molar-refractivity contribution in [3.05, 3.63) is 29.3 Å². The summed E-state index contributed by atoms with van der Waals surface area (Å²) in [6, 6.07) is 9.39. The fourth-order valence-corrected chi connectivity index (χ4v) is 4.28. The van der Waals surface area contributed by atoms with Gasteiger partial charge < -0.3 is 20.3 Å². The number of ether oxygens (including phenoxy) is 1. The van der Waals surface area contributed by atoms with Crippen LogP contribution in [0.3, 0.4) is 0 Å². The Morgan fingerprint density at radius 1 is 1.27 bits per heavy atom. The van der Waals surface area contributed by atoms with Gasteiger partial charge in [-0.25, -0.2) is 0 Å². The van der Waals surface area contributed by atoms with E-state index in [0.29, 0.717) is 24.7 Å². The lowest BCUT2D eigenvalue weighted by Crippen LogP contribution is -2.57. The van der Waals surface area contributed by atoms with Gasteiger partial charge in [-0.1, -0.05) is 18.0 Å². The lowest BCUT2D eigenvalue weighted by atomic mass is 9.82. The van der Waals surface area contributed by atoms with Crippen LogP contribution in [0, 0.1) is 0 Å². The summed E-state index contributed by atoms with van der Waals surface area (Å²) in [7, 11) is 4.11. The van der Waals surface area contributed by atoms with Gasteiger partial charge in [-0.3, -0.25) is 4.99 Å². The molecule has 3 unspecified atom stereocenters. The average molecular weight is 379 g/mol. The second-order valence-electron chi connectivity index (χ2n) is 7.55. The molecule has 1 aromatic rings. The van der Waals surface area contributed by atoms with Crippen molar-refractivity contribution in [3.63, 3.8) is 0 Å². The zero-order valence-corrected chi connectivity index (χ0v) is 16.8. The summed E-state index contributed by atoms with van der Waals surface area (Å²) in [5, 5.41) is 7.74. The number of aliphatic imine (C=N–C) groups is 1. The Labute approximate surface area is 162 Å². The molecule has 2 aliphatic rings. The smallest absolute Gasteiger partial charge is 0.191 e. The maximum Gasteiger partial charge on any atom is 0.191 e. The van der Waals surface area contributed by atoms with Crippen LogP contribution in [0.4, 0.5) is 0 Å². The fraction of sp³-hybridized carbons (Fsp3) is 0.650. The van der Waals surface area contributed by atoms with E-state index in [4.69, 9.17) is 16.3 Å². The van der Waals surface area contributed by atoms with Crippen LogP contribution in [0.2, 0.25) is 5.02 Å². The number of rotatable bonds is 5. The van der Waals surface area contributed by atoms with Crippen molar-refractivity contribution >= 4 is 17.6 Å². The van der Waals surface area contributed by atoms with Crippen LogP contribution in [-0.2, 0) is 0 Å². The summed E-state index contributed by atoms with van der Waals surface area (Å²) >= 11 is 5.91. The molecule has 0 aromatic heterocycles. The first-order valence-corrected chi connectivity index (χ1v) is 10.0. The first-order chi connectivity index (χ1) is 12.5. The molecule has 2 bridgehead atoms. The summed E-state index contributed by atoms with van der Waals surface area (Å²) in [5.41, 5.74) is 0. The first kappa shape index (κ1) is 19.3. The molecule has 3 rings (SSSR count). The predicted octanol–water partition coefficient (Wildman–Crippen LogP) is 3.29. The van der Waals surface area contributed by atoms with Crippen molar-refractivity contribution in [1.29, 1.82) is 0 Å². The SMILES string of the molecule is CN=C(NCC(C)Oc1ccc(Cl)cc1)NC1CC2CCCC(C1)N2C. The number of nitrogens with zero attached hydrogens (tertiary/aromatic N) is 2. The van der Waals surface area contributed by atoms with Gasteiger partial charge in [-0.05, 0) is 63.9 Å². The number of nitrogens with one attached hydrogen (secondary N) is 2. The summed E-state index contributed by atoms with van der Waals surface area (Å²) < 4.78 is 5.92. The Kier molecular flexibility index (Phi) is 6.65. The minimum atomic E-state index is 0.0339. The van der Waals surface area contributed by atoms with E-state index in [1.807, 2.05) is 31.3 Å². The van der Waals surface area contributed by atoms with Crippen molar-refractivity contribution in [3.8, 4) is 5.75 Å².